The van der Waals surface area contributed by atoms with Crippen molar-refractivity contribution in [3.63, 3.8) is 0 Å². The van der Waals surface area contributed by atoms with Crippen LogP contribution in [0.1, 0.15) is 20.0 Å². The van der Waals surface area contributed by atoms with Gasteiger partial charge in [-0.1, -0.05) is 48.7 Å². The van der Waals surface area contributed by atoms with Gasteiger partial charge < -0.3 is 5.32 Å². The molecule has 0 aliphatic carbocycles. The fourth-order valence-electron chi connectivity index (χ4n) is 0.969. The predicted octanol–water partition coefficient (Wildman–Crippen LogP) is 1.92. The van der Waals surface area contributed by atoms with Gasteiger partial charge in [0, 0.05) is 5.92 Å². The number of nitrogens with one attached hydrogen (secondary N) is 1. The van der Waals surface area contributed by atoms with Gasteiger partial charge >= 0.3 is 0 Å². The molecule has 1 amide bonds. The van der Waals surface area contributed by atoms with Crippen LogP contribution in [0.2, 0.25) is 0 Å². The molecule has 5 nitrogen and oxygen atoms in total. The van der Waals surface area contributed by atoms with E-state index in [1.54, 1.807) is 13.8 Å². The van der Waals surface area contributed by atoms with E-state index < -0.39 is 9.96 Å². The van der Waals surface area contributed by atoms with E-state index in [0.29, 0.717) is 0 Å². The maximum Gasteiger partial charge on any atom is 0.229 e. The number of nitrogens with zero attached hydrogens (tertiary/aromatic N) is 3. The summed E-state index contributed by atoms with van der Waals surface area (Å²) < 4.78 is -0.250. The van der Waals surface area contributed by atoms with Crippen molar-refractivity contribution in [1.29, 1.82) is 0 Å². The lowest BCUT2D eigenvalue weighted by molar-refractivity contribution is -0.125. The van der Waals surface area contributed by atoms with Crippen molar-refractivity contribution in [2.75, 3.05) is 0 Å². The van der Waals surface area contributed by atoms with E-state index in [-0.39, 0.29) is 11.8 Å². The number of hydrogen-bond donors (Lipinski definition) is 1. The Bertz CT molecular complexity index is 347. The summed E-state index contributed by atoms with van der Waals surface area (Å²) in [6, 6.07) is 0. The van der Waals surface area contributed by atoms with Gasteiger partial charge in [0.1, 0.15) is 12.7 Å². The summed E-state index contributed by atoms with van der Waals surface area (Å²) in [5, 5.41) is 9.80. The second-order valence-corrected chi connectivity index (χ2v) is 5.89. The van der Waals surface area contributed by atoms with Gasteiger partial charge in [-0.3, -0.25) is 9.36 Å². The summed E-state index contributed by atoms with van der Waals surface area (Å²) in [6.45, 7) is 3.49. The SMILES string of the molecule is CC(C)C(=O)NC(n1cnnc1)C(Cl)(Cl)Cl. The lowest BCUT2D eigenvalue weighted by Crippen LogP contribution is -2.41. The van der Waals surface area contributed by atoms with Gasteiger partial charge in [-0.25, -0.2) is 0 Å². The molecular weight excluding hydrogens is 274 g/mol. The minimum atomic E-state index is -1.67. The standard InChI is InChI=1S/C8H11Cl3N4O/c1-5(2)6(16)14-7(8(9,10)11)15-3-12-13-4-15/h3-5,7H,1-2H3,(H,14,16). The topological polar surface area (TPSA) is 59.8 Å². The molecule has 1 N–H and O–H groups in total. The van der Waals surface area contributed by atoms with Gasteiger partial charge in [0.05, 0.1) is 0 Å². The third kappa shape index (κ3) is 3.50. The van der Waals surface area contributed by atoms with Crippen molar-refractivity contribution in [1.82, 2.24) is 20.1 Å². The minimum Gasteiger partial charge on any atom is -0.332 e. The largest absolute Gasteiger partial charge is 0.332 e. The Labute approximate surface area is 108 Å². The molecule has 0 saturated heterocycles. The molecule has 0 aromatic carbocycles. The Balaban J connectivity index is 2.86. The van der Waals surface area contributed by atoms with Crippen LogP contribution < -0.4 is 5.32 Å². The van der Waals surface area contributed by atoms with Gasteiger partial charge in [-0.15, -0.1) is 10.2 Å². The first kappa shape index (κ1) is 13.5. The maximum absolute atomic E-state index is 11.6. The lowest BCUT2D eigenvalue weighted by Gasteiger charge is -2.26. The second kappa shape index (κ2) is 5.21. The smallest absolute Gasteiger partial charge is 0.229 e. The fourth-order valence-corrected chi connectivity index (χ4v) is 1.47. The van der Waals surface area contributed by atoms with Crippen molar-refractivity contribution < 1.29 is 4.79 Å². The van der Waals surface area contributed by atoms with Crippen LogP contribution >= 0.6 is 34.8 Å². The molecule has 0 aliphatic heterocycles. The highest BCUT2D eigenvalue weighted by Crippen LogP contribution is 2.36. The number of carbonyl (C=O) groups excluding carboxylic acids is 1. The molecule has 1 aromatic heterocycles. The number of halogens is 3. The summed E-state index contributed by atoms with van der Waals surface area (Å²) in [5.74, 6) is -0.420. The molecule has 8 heteroatoms. The van der Waals surface area contributed by atoms with Crippen LogP contribution in [-0.2, 0) is 4.79 Å². The van der Waals surface area contributed by atoms with Crippen LogP contribution in [0.25, 0.3) is 0 Å². The van der Waals surface area contributed by atoms with Crippen LogP contribution in [0, 0.1) is 5.92 Å². The predicted molar refractivity (Wildman–Crippen MR) is 62.3 cm³/mol. The van der Waals surface area contributed by atoms with E-state index in [9.17, 15) is 4.79 Å². The highest BCUT2D eigenvalue weighted by molar-refractivity contribution is 6.67. The first-order chi connectivity index (χ1) is 7.32. The average Bonchev–Trinajstić information content (AvgIpc) is 2.63. The molecular formula is C8H11Cl3N4O. The van der Waals surface area contributed by atoms with Crippen molar-refractivity contribution in [3.05, 3.63) is 12.7 Å². The fraction of sp³-hybridized carbons (Fsp3) is 0.625. The van der Waals surface area contributed by atoms with Crippen LogP contribution in [0.5, 0.6) is 0 Å². The molecule has 1 aromatic rings. The Morgan fingerprint density at radius 1 is 1.31 bits per heavy atom. The minimum absolute atomic E-state index is 0.202. The molecule has 0 aliphatic rings. The Morgan fingerprint density at radius 3 is 2.19 bits per heavy atom. The molecule has 1 rings (SSSR count). The summed E-state index contributed by atoms with van der Waals surface area (Å²) in [4.78, 5) is 11.6. The summed E-state index contributed by atoms with van der Waals surface area (Å²) in [5.41, 5.74) is 0. The Kier molecular flexibility index (Phi) is 4.41. The highest BCUT2D eigenvalue weighted by Gasteiger charge is 2.35. The van der Waals surface area contributed by atoms with E-state index in [4.69, 9.17) is 34.8 Å². The molecule has 16 heavy (non-hydrogen) atoms. The Hall–Kier alpha value is -0.520. The maximum atomic E-state index is 11.6. The van der Waals surface area contributed by atoms with E-state index >= 15 is 0 Å². The molecule has 0 spiro atoms. The zero-order valence-electron chi connectivity index (χ0n) is 8.69. The number of aromatic nitrogens is 3. The first-order valence-corrected chi connectivity index (χ1v) is 5.67. The van der Waals surface area contributed by atoms with Crippen LogP contribution in [0.4, 0.5) is 0 Å². The molecule has 90 valence electrons. The van der Waals surface area contributed by atoms with Crippen molar-refractivity contribution in [2.45, 2.75) is 23.8 Å². The van der Waals surface area contributed by atoms with Gasteiger partial charge in [0.15, 0.2) is 6.17 Å². The first-order valence-electron chi connectivity index (χ1n) is 4.53. The van der Waals surface area contributed by atoms with E-state index in [2.05, 4.69) is 15.5 Å². The van der Waals surface area contributed by atoms with Crippen molar-refractivity contribution >= 4 is 40.7 Å². The highest BCUT2D eigenvalue weighted by atomic mass is 35.6. The second-order valence-electron chi connectivity index (χ2n) is 3.52. The number of carbonyl (C=O) groups is 1. The van der Waals surface area contributed by atoms with Gasteiger partial charge in [-0.2, -0.15) is 0 Å². The van der Waals surface area contributed by atoms with E-state index in [1.165, 1.54) is 17.2 Å². The molecule has 0 fully saturated rings. The number of amides is 1. The molecule has 0 saturated carbocycles. The average molecular weight is 286 g/mol. The van der Waals surface area contributed by atoms with E-state index in [1.807, 2.05) is 0 Å². The lowest BCUT2D eigenvalue weighted by atomic mass is 10.2. The molecule has 1 atom stereocenters. The Morgan fingerprint density at radius 2 is 1.81 bits per heavy atom. The van der Waals surface area contributed by atoms with Gasteiger partial charge in [0.25, 0.3) is 0 Å². The normalized spacial score (nSPS) is 13.9. The molecule has 0 radical (unpaired) electrons. The van der Waals surface area contributed by atoms with Crippen molar-refractivity contribution in [2.24, 2.45) is 5.92 Å². The van der Waals surface area contributed by atoms with Crippen LogP contribution in [-0.4, -0.2) is 24.5 Å². The van der Waals surface area contributed by atoms with Gasteiger partial charge in [-0.05, 0) is 0 Å². The van der Waals surface area contributed by atoms with Crippen LogP contribution in [0.15, 0.2) is 12.7 Å². The van der Waals surface area contributed by atoms with E-state index in [0.717, 1.165) is 0 Å². The molecule has 1 unspecified atom stereocenters. The molecule has 1 heterocycles. The third-order valence-electron chi connectivity index (χ3n) is 1.85. The monoisotopic (exact) mass is 284 g/mol. The molecule has 0 bridgehead atoms. The van der Waals surface area contributed by atoms with Gasteiger partial charge in [0.2, 0.25) is 9.70 Å². The quantitative estimate of drug-likeness (QED) is 0.863. The van der Waals surface area contributed by atoms with Crippen molar-refractivity contribution in [3.8, 4) is 0 Å². The summed E-state index contributed by atoms with van der Waals surface area (Å²) >= 11 is 17.3. The number of hydrogen-bond acceptors (Lipinski definition) is 3. The third-order valence-corrected chi connectivity index (χ3v) is 2.47. The summed E-state index contributed by atoms with van der Waals surface area (Å²) in [7, 11) is 0. The number of alkyl halides is 3. The zero-order valence-corrected chi connectivity index (χ0v) is 11.0. The number of rotatable bonds is 3. The van der Waals surface area contributed by atoms with Crippen LogP contribution in [0.3, 0.4) is 0 Å². The summed E-state index contributed by atoms with van der Waals surface area (Å²) in [6.07, 6.45) is 1.91. The zero-order chi connectivity index (χ0) is 12.3.